The van der Waals surface area contributed by atoms with E-state index in [9.17, 15) is 8.42 Å². The van der Waals surface area contributed by atoms with Crippen molar-refractivity contribution in [3.63, 3.8) is 0 Å². The van der Waals surface area contributed by atoms with Gasteiger partial charge in [-0.3, -0.25) is 16.0 Å². The normalized spacial score (nSPS) is 13.3. The van der Waals surface area contributed by atoms with E-state index in [2.05, 4.69) is 10.5 Å². The van der Waals surface area contributed by atoms with Crippen molar-refractivity contribution in [2.24, 2.45) is 5.84 Å². The minimum atomic E-state index is -3.22. The van der Waals surface area contributed by atoms with Crippen molar-refractivity contribution in [1.82, 2.24) is 15.2 Å². The first-order valence-corrected chi connectivity index (χ1v) is 8.60. The van der Waals surface area contributed by atoms with Crippen LogP contribution in [0.1, 0.15) is 24.1 Å². The second kappa shape index (κ2) is 6.38. The lowest BCUT2D eigenvalue weighted by atomic mass is 10.0. The molecule has 2 rings (SSSR count). The highest BCUT2D eigenvalue weighted by Gasteiger charge is 2.15. The Balaban J connectivity index is 2.25. The Kier molecular flexibility index (Phi) is 4.76. The summed E-state index contributed by atoms with van der Waals surface area (Å²) in [7, 11) is -3.22. The van der Waals surface area contributed by atoms with Gasteiger partial charge in [0, 0.05) is 19.0 Å². The van der Waals surface area contributed by atoms with Crippen LogP contribution in [0.15, 0.2) is 41.6 Å². The molecule has 1 aromatic heterocycles. The van der Waals surface area contributed by atoms with E-state index in [1.807, 2.05) is 23.9 Å². The number of nitrogens with two attached hydrogens (primary N) is 1. The van der Waals surface area contributed by atoms with Gasteiger partial charge in [-0.25, -0.2) is 8.42 Å². The number of sulfone groups is 1. The standard InChI is InChI=1S/C14H20N4O2S/c1-3-18-10-11(9-16-18)7-14(17-15)12-5-4-6-13(8-12)21(2,19)20/h4-6,8-10,14,17H,3,7,15H2,1-2H3. The molecule has 7 heteroatoms. The number of benzene rings is 1. The third-order valence-corrected chi connectivity index (χ3v) is 4.45. The van der Waals surface area contributed by atoms with Crippen LogP contribution < -0.4 is 11.3 Å². The molecular weight excluding hydrogens is 288 g/mol. The van der Waals surface area contributed by atoms with E-state index in [0.29, 0.717) is 11.3 Å². The van der Waals surface area contributed by atoms with Gasteiger partial charge < -0.3 is 0 Å². The molecule has 0 saturated carbocycles. The van der Waals surface area contributed by atoms with Gasteiger partial charge in [-0.05, 0) is 36.6 Å². The predicted molar refractivity (Wildman–Crippen MR) is 81.2 cm³/mol. The molecule has 6 nitrogen and oxygen atoms in total. The maximum Gasteiger partial charge on any atom is 0.175 e. The zero-order chi connectivity index (χ0) is 15.5. The lowest BCUT2D eigenvalue weighted by Crippen LogP contribution is -2.29. The minimum Gasteiger partial charge on any atom is -0.273 e. The molecule has 2 aromatic rings. The molecule has 1 heterocycles. The molecule has 1 aromatic carbocycles. The summed E-state index contributed by atoms with van der Waals surface area (Å²) in [4.78, 5) is 0.296. The fraction of sp³-hybridized carbons (Fsp3) is 0.357. The third kappa shape index (κ3) is 3.90. The maximum atomic E-state index is 11.6. The van der Waals surface area contributed by atoms with Gasteiger partial charge in [0.2, 0.25) is 0 Å². The smallest absolute Gasteiger partial charge is 0.175 e. The Morgan fingerprint density at radius 1 is 1.43 bits per heavy atom. The number of nitrogens with one attached hydrogen (secondary N) is 1. The van der Waals surface area contributed by atoms with Crippen molar-refractivity contribution >= 4 is 9.84 Å². The van der Waals surface area contributed by atoms with Crippen molar-refractivity contribution < 1.29 is 8.42 Å². The molecule has 114 valence electrons. The summed E-state index contributed by atoms with van der Waals surface area (Å²) in [5, 5.41) is 4.22. The number of nitrogens with zero attached hydrogens (tertiary/aromatic N) is 2. The van der Waals surface area contributed by atoms with Crippen LogP contribution in [0.2, 0.25) is 0 Å². The first-order chi connectivity index (χ1) is 9.94. The van der Waals surface area contributed by atoms with Crippen LogP contribution in [-0.2, 0) is 22.8 Å². The molecule has 0 radical (unpaired) electrons. The van der Waals surface area contributed by atoms with Gasteiger partial charge in [-0.1, -0.05) is 12.1 Å². The molecule has 1 atom stereocenters. The van der Waals surface area contributed by atoms with Crippen LogP contribution in [0.25, 0.3) is 0 Å². The van der Waals surface area contributed by atoms with E-state index in [0.717, 1.165) is 17.7 Å². The van der Waals surface area contributed by atoms with Gasteiger partial charge in [0.15, 0.2) is 9.84 Å². The topological polar surface area (TPSA) is 90.0 Å². The average molecular weight is 308 g/mol. The molecule has 0 fully saturated rings. The van der Waals surface area contributed by atoms with Gasteiger partial charge in [-0.2, -0.15) is 5.10 Å². The van der Waals surface area contributed by atoms with Crippen LogP contribution in [0, 0.1) is 0 Å². The third-order valence-electron chi connectivity index (χ3n) is 3.34. The minimum absolute atomic E-state index is 0.166. The second-order valence-corrected chi connectivity index (χ2v) is 6.99. The number of hydrogen-bond acceptors (Lipinski definition) is 5. The van der Waals surface area contributed by atoms with Crippen molar-refractivity contribution in [1.29, 1.82) is 0 Å². The molecule has 0 aliphatic carbocycles. The van der Waals surface area contributed by atoms with Crippen LogP contribution >= 0.6 is 0 Å². The molecule has 0 bridgehead atoms. The summed E-state index contributed by atoms with van der Waals surface area (Å²) < 4.78 is 25.1. The number of aromatic nitrogens is 2. The van der Waals surface area contributed by atoms with Crippen LogP contribution in [0.5, 0.6) is 0 Å². The van der Waals surface area contributed by atoms with Gasteiger partial charge >= 0.3 is 0 Å². The Morgan fingerprint density at radius 3 is 2.76 bits per heavy atom. The monoisotopic (exact) mass is 308 g/mol. The fourth-order valence-electron chi connectivity index (χ4n) is 2.16. The highest BCUT2D eigenvalue weighted by molar-refractivity contribution is 7.90. The number of hydrazine groups is 1. The summed E-state index contributed by atoms with van der Waals surface area (Å²) in [6.45, 7) is 2.83. The Bertz CT molecular complexity index is 709. The zero-order valence-electron chi connectivity index (χ0n) is 12.2. The van der Waals surface area contributed by atoms with Crippen LogP contribution in [0.3, 0.4) is 0 Å². The fourth-order valence-corrected chi connectivity index (χ4v) is 2.83. The van der Waals surface area contributed by atoms with E-state index in [1.54, 1.807) is 24.4 Å². The number of hydrogen-bond donors (Lipinski definition) is 2. The second-order valence-electron chi connectivity index (χ2n) is 4.97. The molecule has 3 N–H and O–H groups in total. The Labute approximate surface area is 124 Å². The first-order valence-electron chi connectivity index (χ1n) is 6.71. The lowest BCUT2D eigenvalue weighted by molar-refractivity contribution is 0.549. The summed E-state index contributed by atoms with van der Waals surface area (Å²) in [6.07, 6.45) is 5.60. The number of rotatable bonds is 6. The molecule has 0 spiro atoms. The molecular formula is C14H20N4O2S. The van der Waals surface area contributed by atoms with E-state index in [1.165, 1.54) is 6.26 Å². The van der Waals surface area contributed by atoms with Crippen molar-refractivity contribution in [2.75, 3.05) is 6.26 Å². The zero-order valence-corrected chi connectivity index (χ0v) is 13.0. The van der Waals surface area contributed by atoms with Gasteiger partial charge in [0.1, 0.15) is 0 Å². The molecule has 21 heavy (non-hydrogen) atoms. The van der Waals surface area contributed by atoms with Crippen LogP contribution in [-0.4, -0.2) is 24.5 Å². The number of aryl methyl sites for hydroxylation is 1. The highest BCUT2D eigenvalue weighted by atomic mass is 32.2. The highest BCUT2D eigenvalue weighted by Crippen LogP contribution is 2.20. The average Bonchev–Trinajstić information content (AvgIpc) is 2.91. The quantitative estimate of drug-likeness (QED) is 0.615. The molecule has 0 saturated heterocycles. The lowest BCUT2D eigenvalue weighted by Gasteiger charge is -2.16. The maximum absolute atomic E-state index is 11.6. The van der Waals surface area contributed by atoms with E-state index in [-0.39, 0.29) is 6.04 Å². The van der Waals surface area contributed by atoms with Gasteiger partial charge in [-0.15, -0.1) is 0 Å². The summed E-state index contributed by atoms with van der Waals surface area (Å²) in [5.41, 5.74) is 4.62. The predicted octanol–water partition coefficient (Wildman–Crippen LogP) is 1.05. The SMILES string of the molecule is CCn1cc(CC(NN)c2cccc(S(C)(=O)=O)c2)cn1. The summed E-state index contributed by atoms with van der Waals surface area (Å²) in [6, 6.07) is 6.67. The molecule has 0 aliphatic rings. The van der Waals surface area contributed by atoms with Crippen molar-refractivity contribution in [2.45, 2.75) is 30.8 Å². The Hall–Kier alpha value is -1.70. The van der Waals surface area contributed by atoms with Gasteiger partial charge in [0.25, 0.3) is 0 Å². The molecule has 0 amide bonds. The van der Waals surface area contributed by atoms with Crippen molar-refractivity contribution in [3.05, 3.63) is 47.8 Å². The first kappa shape index (κ1) is 15.7. The van der Waals surface area contributed by atoms with Crippen molar-refractivity contribution in [3.8, 4) is 0 Å². The van der Waals surface area contributed by atoms with E-state index < -0.39 is 9.84 Å². The Morgan fingerprint density at radius 2 is 2.19 bits per heavy atom. The molecule has 1 unspecified atom stereocenters. The molecule has 0 aliphatic heterocycles. The van der Waals surface area contributed by atoms with Crippen LogP contribution in [0.4, 0.5) is 0 Å². The summed E-state index contributed by atoms with van der Waals surface area (Å²) in [5.74, 6) is 5.62. The van der Waals surface area contributed by atoms with E-state index in [4.69, 9.17) is 5.84 Å². The summed E-state index contributed by atoms with van der Waals surface area (Å²) >= 11 is 0. The largest absolute Gasteiger partial charge is 0.273 e. The van der Waals surface area contributed by atoms with E-state index >= 15 is 0 Å². The van der Waals surface area contributed by atoms with Gasteiger partial charge in [0.05, 0.1) is 17.1 Å².